The van der Waals surface area contributed by atoms with E-state index in [0.29, 0.717) is 5.75 Å². The summed E-state index contributed by atoms with van der Waals surface area (Å²) in [5.41, 5.74) is 4.75. The normalized spacial score (nSPS) is 8.18. The first-order valence-electron chi connectivity index (χ1n) is 13.3. The Bertz CT molecular complexity index is 2180. The summed E-state index contributed by atoms with van der Waals surface area (Å²) in [4.78, 5) is 0. The maximum Gasteiger partial charge on any atom is 0.140 e. The summed E-state index contributed by atoms with van der Waals surface area (Å²) in [5.74, 6) is 50.6. The number of hydrogen-bond donors (Lipinski definition) is 1. The van der Waals surface area contributed by atoms with Gasteiger partial charge in [-0.1, -0.05) is 72.3 Å². The van der Waals surface area contributed by atoms with Crippen molar-refractivity contribution in [1.82, 2.24) is 5.32 Å². The fraction of sp³-hybridized carbons (Fsp3) is 0.0698. The van der Waals surface area contributed by atoms with Gasteiger partial charge < -0.3 is 10.1 Å². The van der Waals surface area contributed by atoms with Gasteiger partial charge in [-0.05, 0) is 83.1 Å². The highest BCUT2D eigenvalue weighted by molar-refractivity contribution is 5.47. The van der Waals surface area contributed by atoms with Crippen LogP contribution in [0.2, 0.25) is 0 Å². The van der Waals surface area contributed by atoms with Crippen molar-refractivity contribution < 1.29 is 4.74 Å². The van der Waals surface area contributed by atoms with Gasteiger partial charge in [-0.2, -0.15) is 0 Å². The zero-order valence-corrected chi connectivity index (χ0v) is 24.3. The van der Waals surface area contributed by atoms with E-state index in [1.54, 1.807) is 0 Å². The Hall–Kier alpha value is -7.42. The van der Waals surface area contributed by atoms with Crippen molar-refractivity contribution in [3.8, 4) is 137 Å². The Labute approximate surface area is 266 Å². The number of nitrogens with one attached hydrogen (secondary N) is 1. The predicted octanol–water partition coefficient (Wildman–Crippen LogP) is 4.88. The molecule has 1 atom stereocenters. The van der Waals surface area contributed by atoms with Crippen molar-refractivity contribution in [2.24, 2.45) is 0 Å². The van der Waals surface area contributed by atoms with Gasteiger partial charge in [0.05, 0.1) is 6.04 Å². The van der Waals surface area contributed by atoms with Crippen molar-refractivity contribution >= 4 is 0 Å². The Morgan fingerprint density at radius 1 is 0.533 bits per heavy atom. The van der Waals surface area contributed by atoms with E-state index in [4.69, 9.17) is 11.2 Å². The third-order valence-electron chi connectivity index (χ3n) is 5.39. The van der Waals surface area contributed by atoms with E-state index < -0.39 is 0 Å². The molecule has 0 radical (unpaired) electrons. The number of ether oxygens (including phenoxy) is 1. The minimum atomic E-state index is 0.0232. The molecule has 3 aromatic rings. The lowest BCUT2D eigenvalue weighted by Crippen LogP contribution is -2.22. The van der Waals surface area contributed by atoms with Gasteiger partial charge in [0.2, 0.25) is 0 Å². The Balaban J connectivity index is 1.49. The second-order valence-electron chi connectivity index (χ2n) is 8.50. The number of benzene rings is 3. The van der Waals surface area contributed by atoms with Gasteiger partial charge in [-0.15, -0.1) is 6.42 Å². The summed E-state index contributed by atoms with van der Waals surface area (Å²) in [6.45, 7) is 2.83. The average Bonchev–Trinajstić information content (AvgIpc) is 3.07. The lowest BCUT2D eigenvalue weighted by atomic mass is 9.97. The van der Waals surface area contributed by atoms with Crippen molar-refractivity contribution in [1.29, 1.82) is 0 Å². The van der Waals surface area contributed by atoms with Crippen molar-refractivity contribution in [2.75, 3.05) is 0 Å². The minimum absolute atomic E-state index is 0.0232. The molecule has 0 spiro atoms. The Morgan fingerprint density at radius 3 is 1.42 bits per heavy atom. The third kappa shape index (κ3) is 13.7. The first-order chi connectivity index (χ1) is 22.3. The molecule has 0 saturated heterocycles. The molecule has 0 aliphatic heterocycles. The largest absolute Gasteiger partial charge is 0.407 e. The van der Waals surface area contributed by atoms with E-state index in [9.17, 15) is 0 Å². The maximum absolute atomic E-state index is 5.50. The molecule has 45 heavy (non-hydrogen) atoms. The molecule has 0 aromatic heterocycles. The van der Waals surface area contributed by atoms with Crippen LogP contribution in [0.4, 0.5) is 0 Å². The fourth-order valence-corrected chi connectivity index (χ4v) is 3.41. The lowest BCUT2D eigenvalue weighted by Gasteiger charge is -2.20. The molecule has 0 heterocycles. The van der Waals surface area contributed by atoms with Crippen molar-refractivity contribution in [2.45, 2.75) is 19.5 Å². The van der Waals surface area contributed by atoms with Crippen LogP contribution in [0, 0.1) is 138 Å². The molecule has 0 saturated carbocycles. The minimum Gasteiger partial charge on any atom is -0.407 e. The van der Waals surface area contributed by atoms with E-state index in [2.05, 4.69) is 173 Å². The van der Waals surface area contributed by atoms with Crippen LogP contribution in [0.25, 0.3) is 0 Å². The van der Waals surface area contributed by atoms with Crippen LogP contribution in [0.5, 0.6) is 5.75 Å². The maximum atomic E-state index is 5.50. The standard InChI is InChI=1S/C43H21NO/c1-3-4-5-6-7-8-9-10-11-12-13-14-15-16-17-18-19-20-21-25-36-45-42-34-32-41(33-35-42)43(40-30-28-38(2)29-31-40)44-37-39-26-23-22-24-27-39/h1,22-24,26-35,43-44H,37H2,2H3. The van der Waals surface area contributed by atoms with Crippen LogP contribution in [0.3, 0.4) is 0 Å². The van der Waals surface area contributed by atoms with Gasteiger partial charge in [0.25, 0.3) is 0 Å². The highest BCUT2D eigenvalue weighted by atomic mass is 16.5. The predicted molar refractivity (Wildman–Crippen MR) is 180 cm³/mol. The summed E-state index contributed by atoms with van der Waals surface area (Å²) >= 11 is 0. The molecule has 3 aromatic carbocycles. The molecule has 0 bridgehead atoms. The van der Waals surface area contributed by atoms with E-state index in [1.807, 2.05) is 42.5 Å². The summed E-state index contributed by atoms with van der Waals surface area (Å²) in [6.07, 6.45) is 7.53. The van der Waals surface area contributed by atoms with E-state index in [1.165, 1.54) is 16.7 Å². The van der Waals surface area contributed by atoms with Crippen LogP contribution in [-0.4, -0.2) is 0 Å². The first-order valence-corrected chi connectivity index (χ1v) is 13.3. The third-order valence-corrected chi connectivity index (χ3v) is 5.39. The summed E-state index contributed by atoms with van der Waals surface area (Å²) in [5, 5.41) is 3.68. The summed E-state index contributed by atoms with van der Waals surface area (Å²) in [6, 6.07) is 26.8. The zero-order valence-electron chi connectivity index (χ0n) is 24.3. The average molecular weight is 568 g/mol. The second kappa shape index (κ2) is 20.5. The molecule has 1 N–H and O–H groups in total. The van der Waals surface area contributed by atoms with E-state index in [0.717, 1.165) is 12.1 Å². The van der Waals surface area contributed by atoms with Crippen LogP contribution in [-0.2, 0) is 6.54 Å². The molecule has 1 unspecified atom stereocenters. The van der Waals surface area contributed by atoms with Gasteiger partial charge in [-0.3, -0.25) is 0 Å². The van der Waals surface area contributed by atoms with Gasteiger partial charge in [0.15, 0.2) is 0 Å². The highest BCUT2D eigenvalue weighted by Gasteiger charge is 2.14. The number of rotatable bonds is 6. The molecule has 2 heteroatoms. The molecular formula is C43H21NO. The molecule has 2 nitrogen and oxygen atoms in total. The Morgan fingerprint density at radius 2 is 0.956 bits per heavy atom. The Kier molecular flexibility index (Phi) is 14.6. The highest BCUT2D eigenvalue weighted by Crippen LogP contribution is 2.25. The second-order valence-corrected chi connectivity index (χ2v) is 8.50. The quantitative estimate of drug-likeness (QED) is 0.429. The zero-order chi connectivity index (χ0) is 31.6. The number of terminal acetylenes is 1. The van der Waals surface area contributed by atoms with E-state index in [-0.39, 0.29) is 6.04 Å². The van der Waals surface area contributed by atoms with Gasteiger partial charge in [0.1, 0.15) is 11.9 Å². The molecule has 204 valence electrons. The number of hydrogen-bond acceptors (Lipinski definition) is 2. The summed E-state index contributed by atoms with van der Waals surface area (Å²) in [7, 11) is 0. The van der Waals surface area contributed by atoms with Gasteiger partial charge >= 0.3 is 0 Å². The van der Waals surface area contributed by atoms with Gasteiger partial charge in [-0.25, -0.2) is 0 Å². The van der Waals surface area contributed by atoms with Crippen LogP contribution < -0.4 is 10.1 Å². The lowest BCUT2D eigenvalue weighted by molar-refractivity contribution is 0.519. The molecule has 3 rings (SSSR count). The van der Waals surface area contributed by atoms with Crippen molar-refractivity contribution in [3.05, 3.63) is 101 Å². The molecule has 0 amide bonds. The fourth-order valence-electron chi connectivity index (χ4n) is 3.41. The molecule has 0 aliphatic rings. The first kappa shape index (κ1) is 32.1. The van der Waals surface area contributed by atoms with E-state index >= 15 is 0 Å². The molecular weight excluding hydrogens is 546 g/mol. The monoisotopic (exact) mass is 567 g/mol. The van der Waals surface area contributed by atoms with Crippen molar-refractivity contribution in [3.63, 3.8) is 0 Å². The van der Waals surface area contributed by atoms with Crippen LogP contribution in [0.1, 0.15) is 28.3 Å². The SMILES string of the molecule is C#CC#CC#CC#CC#CC#CC#CC#CC#CC#CC#COc1ccc(C(NCc2ccccc2)c2ccc(C)cc2)cc1. The van der Waals surface area contributed by atoms with Crippen LogP contribution in [0.15, 0.2) is 78.9 Å². The van der Waals surface area contributed by atoms with Crippen LogP contribution >= 0.6 is 0 Å². The molecule has 0 aliphatic carbocycles. The smallest absolute Gasteiger partial charge is 0.140 e. The summed E-state index contributed by atoms with van der Waals surface area (Å²) < 4.78 is 5.50. The molecule has 0 fully saturated rings. The number of aryl methyl sites for hydroxylation is 1. The van der Waals surface area contributed by atoms with Gasteiger partial charge in [0, 0.05) is 77.6 Å². The topological polar surface area (TPSA) is 21.3 Å².